The van der Waals surface area contributed by atoms with Crippen molar-refractivity contribution >= 4 is 27.0 Å². The van der Waals surface area contributed by atoms with Crippen molar-refractivity contribution in [2.24, 2.45) is 0 Å². The maximum absolute atomic E-state index is 13.6. The molecule has 0 spiro atoms. The lowest BCUT2D eigenvalue weighted by atomic mass is 10.1. The van der Waals surface area contributed by atoms with E-state index in [9.17, 15) is 22.0 Å². The molecule has 0 saturated carbocycles. The number of esters is 1. The highest BCUT2D eigenvalue weighted by Gasteiger charge is 2.24. The van der Waals surface area contributed by atoms with Gasteiger partial charge in [-0.25, -0.2) is 22.9 Å². The first-order valence-corrected chi connectivity index (χ1v) is 11.0. The predicted octanol–water partition coefficient (Wildman–Crippen LogP) is 3.44. The second-order valence-electron chi connectivity index (χ2n) is 6.77. The van der Waals surface area contributed by atoms with E-state index in [2.05, 4.69) is 9.71 Å². The van der Waals surface area contributed by atoms with Crippen LogP contribution in [0.5, 0.6) is 0 Å². The number of aromatic nitrogens is 2. The second-order valence-corrected chi connectivity index (χ2v) is 8.60. The van der Waals surface area contributed by atoms with Crippen LogP contribution < -0.4 is 4.72 Å². The van der Waals surface area contributed by atoms with Crippen molar-refractivity contribution in [2.45, 2.75) is 26.0 Å². The number of carbonyl (C=O) groups is 1. The number of carbonyl (C=O) groups excluding carboxylic acids is 1. The zero-order valence-corrected chi connectivity index (χ0v) is 17.2. The van der Waals surface area contributed by atoms with Gasteiger partial charge in [0, 0.05) is 6.54 Å². The molecule has 0 aliphatic rings. The number of sulfonamides is 1. The predicted molar refractivity (Wildman–Crippen MR) is 108 cm³/mol. The normalized spacial score (nSPS) is 13.0. The summed E-state index contributed by atoms with van der Waals surface area (Å²) in [6, 6.07) is 12.9. The summed E-state index contributed by atoms with van der Waals surface area (Å²) in [5.41, 5.74) is 1.73. The lowest BCUT2D eigenvalue weighted by molar-refractivity contribution is 0.0233. The van der Waals surface area contributed by atoms with E-state index in [0.717, 1.165) is 16.4 Å². The summed E-state index contributed by atoms with van der Waals surface area (Å²) < 4.78 is 57.8. The van der Waals surface area contributed by atoms with Crippen LogP contribution in [0.4, 0.5) is 8.78 Å². The number of nitrogens with zero attached hydrogens (tertiary/aromatic N) is 2. The molecule has 1 N–H and O–H groups in total. The molecule has 0 radical (unpaired) electrons. The van der Waals surface area contributed by atoms with E-state index in [4.69, 9.17) is 4.74 Å². The fraction of sp³-hybridized carbons (Fsp3) is 0.300. The Morgan fingerprint density at radius 3 is 2.47 bits per heavy atom. The van der Waals surface area contributed by atoms with Gasteiger partial charge in [0.2, 0.25) is 10.0 Å². The summed E-state index contributed by atoms with van der Waals surface area (Å²) in [6.45, 7) is -1.10. The van der Waals surface area contributed by atoms with Crippen molar-refractivity contribution in [1.82, 2.24) is 14.3 Å². The Morgan fingerprint density at radius 2 is 1.83 bits per heavy atom. The van der Waals surface area contributed by atoms with E-state index < -0.39 is 28.6 Å². The van der Waals surface area contributed by atoms with Gasteiger partial charge in [-0.1, -0.05) is 24.3 Å². The zero-order chi connectivity index (χ0) is 21.9. The average Bonchev–Trinajstić information content (AvgIpc) is 3.07. The van der Waals surface area contributed by atoms with Gasteiger partial charge >= 0.3 is 12.5 Å². The van der Waals surface area contributed by atoms with Crippen LogP contribution >= 0.6 is 0 Å². The number of fused-ring (bicyclic) bond motifs is 1. The molecule has 30 heavy (non-hydrogen) atoms. The summed E-state index contributed by atoms with van der Waals surface area (Å²) in [5.74, 6) is -0.709. The summed E-state index contributed by atoms with van der Waals surface area (Å²) >= 11 is 0. The number of nitrogens with one attached hydrogen (secondary N) is 1. The SMILES string of the molecule is C[C@@H](OC(=O)c1ccc(CCNS(C)(=O)=O)cc1)c1nc2ccccc2n1C(F)F. The maximum atomic E-state index is 13.6. The quantitative estimate of drug-likeness (QED) is 0.545. The Labute approximate surface area is 172 Å². The van der Waals surface area contributed by atoms with E-state index >= 15 is 0 Å². The minimum atomic E-state index is -3.26. The Hall–Kier alpha value is -2.85. The van der Waals surface area contributed by atoms with E-state index in [0.29, 0.717) is 11.9 Å². The second kappa shape index (κ2) is 8.88. The van der Waals surface area contributed by atoms with Crippen molar-refractivity contribution in [2.75, 3.05) is 12.8 Å². The third kappa shape index (κ3) is 5.19. The molecular formula is C20H21F2N3O4S. The fourth-order valence-electron chi connectivity index (χ4n) is 3.02. The van der Waals surface area contributed by atoms with Crippen molar-refractivity contribution in [3.63, 3.8) is 0 Å². The number of imidazole rings is 1. The molecule has 10 heteroatoms. The summed E-state index contributed by atoms with van der Waals surface area (Å²) in [6.07, 6.45) is 0.546. The van der Waals surface area contributed by atoms with Crippen LogP contribution in [0.1, 0.15) is 41.3 Å². The molecule has 2 aromatic carbocycles. The van der Waals surface area contributed by atoms with Crippen molar-refractivity contribution in [3.8, 4) is 0 Å². The number of halogens is 2. The number of alkyl halides is 2. The summed E-state index contributed by atoms with van der Waals surface area (Å²) in [4.78, 5) is 16.6. The minimum Gasteiger partial charge on any atom is -0.451 e. The van der Waals surface area contributed by atoms with Gasteiger partial charge in [-0.05, 0) is 43.2 Å². The third-order valence-electron chi connectivity index (χ3n) is 4.43. The molecule has 0 saturated heterocycles. The van der Waals surface area contributed by atoms with Gasteiger partial charge in [-0.15, -0.1) is 0 Å². The van der Waals surface area contributed by atoms with E-state index in [1.807, 2.05) is 0 Å². The van der Waals surface area contributed by atoms with Crippen LogP contribution in [0.25, 0.3) is 11.0 Å². The molecule has 0 fully saturated rings. The van der Waals surface area contributed by atoms with Gasteiger partial charge in [0.25, 0.3) is 0 Å². The number of rotatable bonds is 8. The van der Waals surface area contributed by atoms with Gasteiger partial charge in [0.15, 0.2) is 11.9 Å². The molecule has 3 aromatic rings. The van der Waals surface area contributed by atoms with Crippen molar-refractivity contribution in [3.05, 3.63) is 65.5 Å². The minimum absolute atomic E-state index is 0.0389. The largest absolute Gasteiger partial charge is 0.451 e. The Kier molecular flexibility index (Phi) is 6.47. The monoisotopic (exact) mass is 437 g/mol. The first-order chi connectivity index (χ1) is 14.2. The Balaban J connectivity index is 1.70. The summed E-state index contributed by atoms with van der Waals surface area (Å²) in [7, 11) is -3.26. The average molecular weight is 437 g/mol. The zero-order valence-electron chi connectivity index (χ0n) is 16.4. The molecule has 3 rings (SSSR count). The first kappa shape index (κ1) is 21.8. The maximum Gasteiger partial charge on any atom is 0.338 e. The number of para-hydroxylation sites is 2. The van der Waals surface area contributed by atoms with Crippen LogP contribution in [0.3, 0.4) is 0 Å². The van der Waals surface area contributed by atoms with Crippen LogP contribution in [0, 0.1) is 0 Å². The molecule has 1 aromatic heterocycles. The topological polar surface area (TPSA) is 90.3 Å². The van der Waals surface area contributed by atoms with Gasteiger partial charge in [0.1, 0.15) is 0 Å². The molecule has 160 valence electrons. The highest BCUT2D eigenvalue weighted by Crippen LogP contribution is 2.28. The van der Waals surface area contributed by atoms with Crippen LogP contribution in [0.15, 0.2) is 48.5 Å². The highest BCUT2D eigenvalue weighted by atomic mass is 32.2. The smallest absolute Gasteiger partial charge is 0.338 e. The molecule has 0 aliphatic carbocycles. The highest BCUT2D eigenvalue weighted by molar-refractivity contribution is 7.88. The van der Waals surface area contributed by atoms with Gasteiger partial charge in [0.05, 0.1) is 22.9 Å². The van der Waals surface area contributed by atoms with Gasteiger partial charge in [-0.2, -0.15) is 8.78 Å². The standard InChI is InChI=1S/C20H21F2N3O4S/c1-13(18-24-16-5-3-4-6-17(16)25(18)20(21)22)29-19(26)15-9-7-14(8-10-15)11-12-23-30(2,27)28/h3-10,13,20,23H,11-12H2,1-2H3/t13-/m1/s1. The van der Waals surface area contributed by atoms with Gasteiger partial charge in [-0.3, -0.25) is 4.57 Å². The van der Waals surface area contributed by atoms with E-state index in [1.54, 1.807) is 42.5 Å². The van der Waals surface area contributed by atoms with E-state index in [1.165, 1.54) is 13.0 Å². The molecule has 0 unspecified atom stereocenters. The van der Waals surface area contributed by atoms with Crippen molar-refractivity contribution in [1.29, 1.82) is 0 Å². The molecule has 0 amide bonds. The molecule has 1 atom stereocenters. The Bertz CT molecular complexity index is 1140. The Morgan fingerprint density at radius 1 is 1.17 bits per heavy atom. The molecule has 1 heterocycles. The lowest BCUT2D eigenvalue weighted by Gasteiger charge is -2.15. The van der Waals surface area contributed by atoms with Crippen LogP contribution in [-0.2, 0) is 21.2 Å². The molecule has 0 bridgehead atoms. The molecule has 7 nitrogen and oxygen atoms in total. The fourth-order valence-corrected chi connectivity index (χ4v) is 3.50. The van der Waals surface area contributed by atoms with Crippen LogP contribution in [0.2, 0.25) is 0 Å². The van der Waals surface area contributed by atoms with Crippen molar-refractivity contribution < 1.29 is 26.7 Å². The number of hydrogen-bond donors (Lipinski definition) is 1. The van der Waals surface area contributed by atoms with E-state index in [-0.39, 0.29) is 23.4 Å². The number of ether oxygens (including phenoxy) is 1. The third-order valence-corrected chi connectivity index (χ3v) is 5.16. The first-order valence-electron chi connectivity index (χ1n) is 9.15. The number of benzene rings is 2. The molecular weight excluding hydrogens is 416 g/mol. The lowest BCUT2D eigenvalue weighted by Crippen LogP contribution is -2.24. The van der Waals surface area contributed by atoms with Crippen LogP contribution in [-0.4, -0.2) is 36.7 Å². The van der Waals surface area contributed by atoms with Gasteiger partial charge < -0.3 is 4.74 Å². The number of hydrogen-bond acceptors (Lipinski definition) is 5. The summed E-state index contributed by atoms with van der Waals surface area (Å²) in [5, 5.41) is 0. The molecule has 0 aliphatic heterocycles.